The van der Waals surface area contributed by atoms with Crippen molar-refractivity contribution in [2.45, 2.75) is 31.6 Å². The Labute approximate surface area is 101 Å². The van der Waals surface area contributed by atoms with E-state index in [4.69, 9.17) is 10.8 Å². The van der Waals surface area contributed by atoms with E-state index in [9.17, 15) is 0 Å². The van der Waals surface area contributed by atoms with E-state index in [1.807, 2.05) is 11.3 Å². The lowest BCUT2D eigenvalue weighted by atomic mass is 9.75. The van der Waals surface area contributed by atoms with Gasteiger partial charge in [0.25, 0.3) is 0 Å². The summed E-state index contributed by atoms with van der Waals surface area (Å²) < 4.78 is 0. The summed E-state index contributed by atoms with van der Waals surface area (Å²) >= 11 is 1.83. The molecule has 0 bridgehead atoms. The topological polar surface area (TPSA) is 46.2 Å². The second-order valence-corrected chi connectivity index (χ2v) is 5.80. The predicted molar refractivity (Wildman–Crippen MR) is 68.6 cm³/mol. The molecule has 0 aromatic carbocycles. The van der Waals surface area contributed by atoms with Crippen molar-refractivity contribution in [3.05, 3.63) is 22.4 Å². The number of aliphatic hydroxyl groups excluding tert-OH is 1. The first kappa shape index (κ1) is 12.1. The van der Waals surface area contributed by atoms with Crippen LogP contribution in [0.15, 0.2) is 17.5 Å². The summed E-state index contributed by atoms with van der Waals surface area (Å²) in [6, 6.07) is 4.32. The van der Waals surface area contributed by atoms with Gasteiger partial charge in [-0.3, -0.25) is 0 Å². The van der Waals surface area contributed by atoms with Gasteiger partial charge in [0, 0.05) is 23.9 Å². The first-order valence-electron chi connectivity index (χ1n) is 6.19. The largest absolute Gasteiger partial charge is 0.396 e. The van der Waals surface area contributed by atoms with Crippen molar-refractivity contribution in [2.24, 2.45) is 17.6 Å². The quantitative estimate of drug-likeness (QED) is 0.848. The second-order valence-electron chi connectivity index (χ2n) is 4.82. The minimum Gasteiger partial charge on any atom is -0.396 e. The molecule has 1 unspecified atom stereocenters. The van der Waals surface area contributed by atoms with Crippen LogP contribution in [0.3, 0.4) is 0 Å². The van der Waals surface area contributed by atoms with Gasteiger partial charge in [-0.05, 0) is 49.0 Å². The third-order valence-corrected chi connectivity index (χ3v) is 4.89. The third kappa shape index (κ3) is 2.65. The van der Waals surface area contributed by atoms with Crippen LogP contribution in [0.2, 0.25) is 0 Å². The van der Waals surface area contributed by atoms with E-state index in [0.717, 1.165) is 12.5 Å². The smallest absolute Gasteiger partial charge is 0.0459 e. The van der Waals surface area contributed by atoms with E-state index < -0.39 is 0 Å². The Bertz CT molecular complexity index is 291. The highest BCUT2D eigenvalue weighted by Crippen LogP contribution is 2.38. The molecular formula is C13H21NOS. The zero-order chi connectivity index (χ0) is 11.4. The van der Waals surface area contributed by atoms with Crippen LogP contribution in [0.4, 0.5) is 0 Å². The number of rotatable bonds is 4. The molecule has 2 rings (SSSR count). The van der Waals surface area contributed by atoms with Crippen LogP contribution in [-0.4, -0.2) is 18.3 Å². The third-order valence-electron chi connectivity index (χ3n) is 3.88. The van der Waals surface area contributed by atoms with Gasteiger partial charge in [0.15, 0.2) is 0 Å². The standard InChI is InChI=1S/C13H21NOS/c14-8-12(13-2-1-7-16-13)11-5-3-10(9-15)4-6-11/h1-2,7,10-12,15H,3-6,8-9,14H2. The molecular weight excluding hydrogens is 218 g/mol. The highest BCUT2D eigenvalue weighted by molar-refractivity contribution is 7.10. The van der Waals surface area contributed by atoms with Gasteiger partial charge in [0.2, 0.25) is 0 Å². The first-order valence-corrected chi connectivity index (χ1v) is 7.07. The SMILES string of the molecule is NCC(c1cccs1)C1CCC(CO)CC1. The molecule has 3 N–H and O–H groups in total. The molecule has 0 spiro atoms. The summed E-state index contributed by atoms with van der Waals surface area (Å²) in [6.07, 6.45) is 4.79. The number of thiophene rings is 1. The van der Waals surface area contributed by atoms with Crippen LogP contribution >= 0.6 is 11.3 Å². The van der Waals surface area contributed by atoms with Crippen molar-refractivity contribution in [1.29, 1.82) is 0 Å². The molecule has 1 atom stereocenters. The molecule has 1 fully saturated rings. The van der Waals surface area contributed by atoms with Gasteiger partial charge in [0.05, 0.1) is 0 Å². The van der Waals surface area contributed by atoms with Gasteiger partial charge in [-0.2, -0.15) is 0 Å². The van der Waals surface area contributed by atoms with E-state index in [0.29, 0.717) is 18.4 Å². The summed E-state index contributed by atoms with van der Waals surface area (Å²) in [5, 5.41) is 11.3. The average Bonchev–Trinajstić information content (AvgIpc) is 2.85. The highest BCUT2D eigenvalue weighted by atomic mass is 32.1. The van der Waals surface area contributed by atoms with Crippen LogP contribution < -0.4 is 5.73 Å². The minimum atomic E-state index is 0.360. The monoisotopic (exact) mass is 239 g/mol. The minimum absolute atomic E-state index is 0.360. The van der Waals surface area contributed by atoms with E-state index in [2.05, 4.69) is 17.5 Å². The average molecular weight is 239 g/mol. The molecule has 3 heteroatoms. The summed E-state index contributed by atoms with van der Waals surface area (Å²) in [5.74, 6) is 1.81. The van der Waals surface area contributed by atoms with Gasteiger partial charge in [-0.25, -0.2) is 0 Å². The van der Waals surface area contributed by atoms with Crippen LogP contribution in [0.5, 0.6) is 0 Å². The van der Waals surface area contributed by atoms with Crippen LogP contribution in [0.25, 0.3) is 0 Å². The van der Waals surface area contributed by atoms with Gasteiger partial charge in [-0.15, -0.1) is 11.3 Å². The lowest BCUT2D eigenvalue weighted by molar-refractivity contribution is 0.158. The number of hydrogen-bond acceptors (Lipinski definition) is 3. The van der Waals surface area contributed by atoms with Crippen molar-refractivity contribution < 1.29 is 5.11 Å². The highest BCUT2D eigenvalue weighted by Gasteiger charge is 2.27. The Morgan fingerprint density at radius 1 is 1.38 bits per heavy atom. The maximum atomic E-state index is 9.13. The molecule has 1 heterocycles. The maximum absolute atomic E-state index is 9.13. The molecule has 1 aliphatic carbocycles. The Morgan fingerprint density at radius 2 is 2.12 bits per heavy atom. The van der Waals surface area contributed by atoms with Crippen LogP contribution in [-0.2, 0) is 0 Å². The number of nitrogens with two attached hydrogens (primary N) is 1. The molecule has 1 aromatic rings. The molecule has 0 aliphatic heterocycles. The van der Waals surface area contributed by atoms with E-state index >= 15 is 0 Å². The lowest BCUT2D eigenvalue weighted by Gasteiger charge is -2.32. The number of aliphatic hydroxyl groups is 1. The molecule has 1 aromatic heterocycles. The fourth-order valence-corrected chi connectivity index (χ4v) is 3.75. The fourth-order valence-electron chi connectivity index (χ4n) is 2.82. The van der Waals surface area contributed by atoms with Crippen molar-refractivity contribution in [3.63, 3.8) is 0 Å². The molecule has 2 nitrogen and oxygen atoms in total. The Balaban J connectivity index is 1.96. The lowest BCUT2D eigenvalue weighted by Crippen LogP contribution is -2.26. The maximum Gasteiger partial charge on any atom is 0.0459 e. The van der Waals surface area contributed by atoms with E-state index in [1.54, 1.807) is 0 Å². The Kier molecular flexibility index (Phi) is 4.38. The molecule has 0 radical (unpaired) electrons. The molecule has 1 aliphatic rings. The summed E-state index contributed by atoms with van der Waals surface area (Å²) in [5.41, 5.74) is 5.92. The van der Waals surface area contributed by atoms with Gasteiger partial charge in [-0.1, -0.05) is 6.07 Å². The fraction of sp³-hybridized carbons (Fsp3) is 0.692. The van der Waals surface area contributed by atoms with Gasteiger partial charge >= 0.3 is 0 Å². The van der Waals surface area contributed by atoms with Crippen LogP contribution in [0, 0.1) is 11.8 Å². The molecule has 90 valence electrons. The van der Waals surface area contributed by atoms with E-state index in [-0.39, 0.29) is 0 Å². The predicted octanol–water partition coefficient (Wildman–Crippen LogP) is 2.59. The first-order chi connectivity index (χ1) is 7.85. The van der Waals surface area contributed by atoms with Gasteiger partial charge in [0.1, 0.15) is 0 Å². The number of hydrogen-bond donors (Lipinski definition) is 2. The Morgan fingerprint density at radius 3 is 2.62 bits per heavy atom. The van der Waals surface area contributed by atoms with Crippen molar-refractivity contribution in [2.75, 3.05) is 13.2 Å². The summed E-state index contributed by atoms with van der Waals surface area (Å²) in [6.45, 7) is 1.12. The van der Waals surface area contributed by atoms with Crippen LogP contribution in [0.1, 0.15) is 36.5 Å². The molecule has 0 saturated heterocycles. The molecule has 0 amide bonds. The molecule has 16 heavy (non-hydrogen) atoms. The normalized spacial score (nSPS) is 27.9. The summed E-state index contributed by atoms with van der Waals surface area (Å²) in [7, 11) is 0. The zero-order valence-electron chi connectivity index (χ0n) is 9.64. The van der Waals surface area contributed by atoms with E-state index in [1.165, 1.54) is 30.6 Å². The van der Waals surface area contributed by atoms with Crippen molar-refractivity contribution in [3.8, 4) is 0 Å². The van der Waals surface area contributed by atoms with Crippen molar-refractivity contribution in [1.82, 2.24) is 0 Å². The summed E-state index contributed by atoms with van der Waals surface area (Å²) in [4.78, 5) is 1.44. The second kappa shape index (κ2) is 5.80. The van der Waals surface area contributed by atoms with Gasteiger partial charge < -0.3 is 10.8 Å². The molecule has 1 saturated carbocycles. The zero-order valence-corrected chi connectivity index (χ0v) is 10.5. The van der Waals surface area contributed by atoms with Crippen molar-refractivity contribution >= 4 is 11.3 Å². The Hall–Kier alpha value is -0.380.